The zero-order valence-corrected chi connectivity index (χ0v) is 19.7. The van der Waals surface area contributed by atoms with E-state index >= 15 is 0 Å². The van der Waals surface area contributed by atoms with Crippen LogP contribution in [0.25, 0.3) is 0 Å². The van der Waals surface area contributed by atoms with Gasteiger partial charge in [0.05, 0.1) is 6.04 Å². The molecule has 2 atom stereocenters. The lowest BCUT2D eigenvalue weighted by Crippen LogP contribution is -2.43. The van der Waals surface area contributed by atoms with Gasteiger partial charge in [-0.3, -0.25) is 9.59 Å². The van der Waals surface area contributed by atoms with Gasteiger partial charge in [0.2, 0.25) is 5.91 Å². The van der Waals surface area contributed by atoms with Crippen LogP contribution in [0.15, 0.2) is 42.5 Å². The number of nitrogens with zero attached hydrogens (tertiary/aromatic N) is 1. The molecule has 1 N–H and O–H groups in total. The van der Waals surface area contributed by atoms with Crippen LogP contribution in [-0.2, 0) is 16.0 Å². The minimum atomic E-state index is -0.555. The van der Waals surface area contributed by atoms with E-state index in [0.29, 0.717) is 11.8 Å². The Bertz CT molecular complexity index is 1040. The summed E-state index contributed by atoms with van der Waals surface area (Å²) in [6.07, 6.45) is 6.69. The average molecular weight is 447 g/mol. The van der Waals surface area contributed by atoms with E-state index in [-0.39, 0.29) is 23.8 Å². The van der Waals surface area contributed by atoms with Crippen molar-refractivity contribution in [1.29, 1.82) is 0 Å². The Morgan fingerprint density at radius 3 is 2.58 bits per heavy atom. The minimum Gasteiger partial charge on any atom is -0.481 e. The summed E-state index contributed by atoms with van der Waals surface area (Å²) in [5.74, 6) is 1.04. The molecule has 1 heterocycles. The highest BCUT2D eigenvalue weighted by Gasteiger charge is 2.36. The van der Waals surface area contributed by atoms with Gasteiger partial charge in [0.1, 0.15) is 5.75 Å². The van der Waals surface area contributed by atoms with Crippen molar-refractivity contribution in [3.63, 3.8) is 0 Å². The fourth-order valence-corrected chi connectivity index (χ4v) is 5.31. The summed E-state index contributed by atoms with van der Waals surface area (Å²) in [6, 6.07) is 14.8. The van der Waals surface area contributed by atoms with Gasteiger partial charge in [-0.15, -0.1) is 0 Å². The van der Waals surface area contributed by atoms with Gasteiger partial charge in [0, 0.05) is 18.5 Å². The van der Waals surface area contributed by atoms with E-state index in [9.17, 15) is 9.59 Å². The van der Waals surface area contributed by atoms with Crippen molar-refractivity contribution >= 4 is 11.8 Å². The molecule has 2 amide bonds. The normalized spacial score (nSPS) is 21.4. The first kappa shape index (κ1) is 22.0. The number of rotatable bonds is 6. The molecule has 0 bridgehead atoms. The molecule has 2 fully saturated rings. The maximum absolute atomic E-state index is 13.6. The van der Waals surface area contributed by atoms with E-state index in [0.717, 1.165) is 62.6 Å². The number of hydrogen-bond acceptors (Lipinski definition) is 3. The topological polar surface area (TPSA) is 58.6 Å². The Hall–Kier alpha value is -2.82. The highest BCUT2D eigenvalue weighted by Crippen LogP contribution is 2.40. The summed E-state index contributed by atoms with van der Waals surface area (Å²) in [7, 11) is 0. The second-order valence-corrected chi connectivity index (χ2v) is 9.98. The number of ether oxygens (including phenoxy) is 1. The lowest BCUT2D eigenvalue weighted by molar-refractivity contribution is -0.137. The first-order valence-electron chi connectivity index (χ1n) is 12.5. The molecule has 5 heteroatoms. The van der Waals surface area contributed by atoms with E-state index in [1.807, 2.05) is 6.07 Å². The number of amides is 2. The van der Waals surface area contributed by atoms with Crippen LogP contribution in [0.1, 0.15) is 73.7 Å². The van der Waals surface area contributed by atoms with Crippen LogP contribution in [0.5, 0.6) is 5.75 Å². The van der Waals surface area contributed by atoms with Gasteiger partial charge in [0.15, 0.2) is 6.10 Å². The van der Waals surface area contributed by atoms with Crippen LogP contribution >= 0.6 is 0 Å². The molecule has 0 spiro atoms. The molecule has 0 radical (unpaired) electrons. The SMILES string of the molecule is Cc1cccc([C@@H]2c3cc(O[C@H](C)C(=O)NC4CC4)ccc3CCN2C(=O)C2CCCC2)c1. The van der Waals surface area contributed by atoms with Crippen LogP contribution in [0.3, 0.4) is 0 Å². The Labute approximate surface area is 196 Å². The molecule has 3 aliphatic rings. The highest BCUT2D eigenvalue weighted by atomic mass is 16.5. The van der Waals surface area contributed by atoms with Crippen LogP contribution in [0, 0.1) is 12.8 Å². The Kier molecular flexibility index (Phi) is 6.13. The van der Waals surface area contributed by atoms with Crippen molar-refractivity contribution in [2.75, 3.05) is 6.54 Å². The van der Waals surface area contributed by atoms with Gasteiger partial charge < -0.3 is 15.0 Å². The van der Waals surface area contributed by atoms with Crippen molar-refractivity contribution in [2.24, 2.45) is 5.92 Å². The van der Waals surface area contributed by atoms with Crippen molar-refractivity contribution in [2.45, 2.75) is 77.0 Å². The zero-order valence-electron chi connectivity index (χ0n) is 19.7. The third-order valence-electron chi connectivity index (χ3n) is 7.30. The van der Waals surface area contributed by atoms with E-state index in [1.54, 1.807) is 6.92 Å². The van der Waals surface area contributed by atoms with Crippen LogP contribution in [-0.4, -0.2) is 35.4 Å². The van der Waals surface area contributed by atoms with E-state index in [4.69, 9.17) is 4.74 Å². The van der Waals surface area contributed by atoms with E-state index in [1.165, 1.54) is 11.1 Å². The van der Waals surface area contributed by atoms with Crippen LogP contribution < -0.4 is 10.1 Å². The molecule has 174 valence electrons. The van der Waals surface area contributed by atoms with Gasteiger partial charge in [-0.25, -0.2) is 0 Å². The van der Waals surface area contributed by atoms with Crippen molar-refractivity contribution in [3.8, 4) is 5.75 Å². The van der Waals surface area contributed by atoms with Gasteiger partial charge in [-0.2, -0.15) is 0 Å². The zero-order chi connectivity index (χ0) is 22.9. The molecule has 5 rings (SSSR count). The Morgan fingerprint density at radius 1 is 1.06 bits per heavy atom. The van der Waals surface area contributed by atoms with Gasteiger partial charge in [-0.1, -0.05) is 48.7 Å². The molecule has 2 aromatic rings. The van der Waals surface area contributed by atoms with Crippen LogP contribution in [0.4, 0.5) is 0 Å². The molecule has 2 saturated carbocycles. The Balaban J connectivity index is 1.46. The second kappa shape index (κ2) is 9.20. The van der Waals surface area contributed by atoms with Gasteiger partial charge in [-0.05, 0) is 74.8 Å². The summed E-state index contributed by atoms with van der Waals surface area (Å²) in [5.41, 5.74) is 4.69. The number of benzene rings is 2. The molecule has 2 aromatic carbocycles. The smallest absolute Gasteiger partial charge is 0.260 e. The molecule has 1 aliphatic heterocycles. The first-order chi connectivity index (χ1) is 16.0. The molecule has 33 heavy (non-hydrogen) atoms. The monoisotopic (exact) mass is 446 g/mol. The summed E-state index contributed by atoms with van der Waals surface area (Å²) >= 11 is 0. The molecule has 0 unspecified atom stereocenters. The number of aryl methyl sites for hydroxylation is 1. The maximum Gasteiger partial charge on any atom is 0.260 e. The third-order valence-corrected chi connectivity index (χ3v) is 7.30. The predicted molar refractivity (Wildman–Crippen MR) is 128 cm³/mol. The Morgan fingerprint density at radius 2 is 1.85 bits per heavy atom. The molecular weight excluding hydrogens is 412 g/mol. The second-order valence-electron chi connectivity index (χ2n) is 9.98. The van der Waals surface area contributed by atoms with E-state index < -0.39 is 6.10 Å². The van der Waals surface area contributed by atoms with Gasteiger partial charge >= 0.3 is 0 Å². The highest BCUT2D eigenvalue weighted by molar-refractivity contribution is 5.81. The summed E-state index contributed by atoms with van der Waals surface area (Å²) in [4.78, 5) is 28.1. The summed E-state index contributed by atoms with van der Waals surface area (Å²) in [5, 5.41) is 3.01. The van der Waals surface area contributed by atoms with Crippen molar-refractivity contribution < 1.29 is 14.3 Å². The first-order valence-corrected chi connectivity index (χ1v) is 12.5. The average Bonchev–Trinajstić information content (AvgIpc) is 3.45. The lowest BCUT2D eigenvalue weighted by Gasteiger charge is -2.39. The number of carbonyl (C=O) groups is 2. The largest absolute Gasteiger partial charge is 0.481 e. The summed E-state index contributed by atoms with van der Waals surface area (Å²) < 4.78 is 6.06. The van der Waals surface area contributed by atoms with Gasteiger partial charge in [0.25, 0.3) is 5.91 Å². The third kappa shape index (κ3) is 4.78. The standard InChI is InChI=1S/C28H34N2O3/c1-18-6-5-9-22(16-18)26-25-17-24(33-19(2)27(31)29-23-11-12-23)13-10-20(25)14-15-30(26)28(32)21-7-3-4-8-21/h5-6,9-10,13,16-17,19,21,23,26H,3-4,7-8,11-12,14-15H2,1-2H3,(H,29,31)/t19-,26-/m1/s1. The molecule has 2 aliphatic carbocycles. The fraction of sp³-hybridized carbons (Fsp3) is 0.500. The summed E-state index contributed by atoms with van der Waals surface area (Å²) in [6.45, 7) is 4.63. The number of fused-ring (bicyclic) bond motifs is 1. The minimum absolute atomic E-state index is 0.0662. The predicted octanol–water partition coefficient (Wildman–Crippen LogP) is 4.71. The molecular formula is C28H34N2O3. The number of hydrogen-bond donors (Lipinski definition) is 1. The molecule has 5 nitrogen and oxygen atoms in total. The lowest BCUT2D eigenvalue weighted by atomic mass is 9.86. The molecule has 0 saturated heterocycles. The maximum atomic E-state index is 13.6. The fourth-order valence-electron chi connectivity index (χ4n) is 5.31. The van der Waals surface area contributed by atoms with Crippen molar-refractivity contribution in [3.05, 3.63) is 64.7 Å². The quantitative estimate of drug-likeness (QED) is 0.699. The van der Waals surface area contributed by atoms with Crippen molar-refractivity contribution in [1.82, 2.24) is 10.2 Å². The number of nitrogens with one attached hydrogen (secondary N) is 1. The molecule has 0 aromatic heterocycles. The number of carbonyl (C=O) groups excluding carboxylic acids is 2. The van der Waals surface area contributed by atoms with E-state index in [2.05, 4.69) is 53.5 Å². The van der Waals surface area contributed by atoms with Crippen LogP contribution in [0.2, 0.25) is 0 Å².